The predicted molar refractivity (Wildman–Crippen MR) is 65.5 cm³/mol. The molecule has 2 rings (SSSR count). The largest absolute Gasteiger partial charge is 0.287 e. The van der Waals surface area contributed by atoms with Gasteiger partial charge in [0.2, 0.25) is 5.78 Å². The van der Waals surface area contributed by atoms with Crippen LogP contribution in [-0.2, 0) is 7.05 Å². The molecule has 0 aliphatic rings. The topological polar surface area (TPSA) is 34.9 Å². The van der Waals surface area contributed by atoms with Crippen molar-refractivity contribution in [1.29, 1.82) is 0 Å². The lowest BCUT2D eigenvalue weighted by Crippen LogP contribution is -2.10. The third kappa shape index (κ3) is 2.15. The molecule has 88 valence electrons. The van der Waals surface area contributed by atoms with Crippen LogP contribution in [0.5, 0.6) is 0 Å². The summed E-state index contributed by atoms with van der Waals surface area (Å²) in [6.07, 6.45) is 1.56. The summed E-state index contributed by atoms with van der Waals surface area (Å²) in [5.74, 6) is -0.516. The van der Waals surface area contributed by atoms with Gasteiger partial charge in [-0.05, 0) is 46.6 Å². The minimum atomic E-state index is -0.344. The van der Waals surface area contributed by atoms with Crippen LogP contribution in [0.25, 0.3) is 0 Å². The van der Waals surface area contributed by atoms with Gasteiger partial charge in [0.05, 0.1) is 10.7 Å². The maximum absolute atomic E-state index is 13.0. The Morgan fingerprint density at radius 1 is 1.47 bits per heavy atom. The molecule has 0 saturated carbocycles. The Balaban J connectivity index is 2.51. The summed E-state index contributed by atoms with van der Waals surface area (Å²) in [6, 6.07) is 4.12. The van der Waals surface area contributed by atoms with Crippen LogP contribution in [0.4, 0.5) is 4.39 Å². The first-order chi connectivity index (χ1) is 8.00. The smallest absolute Gasteiger partial charge is 0.212 e. The van der Waals surface area contributed by atoms with Crippen molar-refractivity contribution >= 4 is 21.7 Å². The molecule has 0 amide bonds. The van der Waals surface area contributed by atoms with Crippen LogP contribution in [0.2, 0.25) is 0 Å². The Morgan fingerprint density at radius 3 is 2.71 bits per heavy atom. The highest BCUT2D eigenvalue weighted by Gasteiger charge is 2.18. The van der Waals surface area contributed by atoms with E-state index in [2.05, 4.69) is 21.0 Å². The average Bonchev–Trinajstić information content (AvgIpc) is 2.58. The molecule has 0 saturated heterocycles. The second kappa shape index (κ2) is 4.41. The summed E-state index contributed by atoms with van der Waals surface area (Å²) in [6.45, 7) is 1.71. The van der Waals surface area contributed by atoms with Crippen molar-refractivity contribution < 1.29 is 9.18 Å². The van der Waals surface area contributed by atoms with Crippen molar-refractivity contribution in [3.05, 3.63) is 51.5 Å². The first kappa shape index (κ1) is 12.0. The van der Waals surface area contributed by atoms with E-state index in [4.69, 9.17) is 0 Å². The molecule has 1 heterocycles. The van der Waals surface area contributed by atoms with Gasteiger partial charge in [-0.15, -0.1) is 0 Å². The third-order valence-electron chi connectivity index (χ3n) is 2.54. The van der Waals surface area contributed by atoms with Gasteiger partial charge in [0, 0.05) is 12.6 Å². The van der Waals surface area contributed by atoms with E-state index in [1.54, 1.807) is 20.2 Å². The Morgan fingerprint density at radius 2 is 2.18 bits per heavy atom. The molecule has 0 radical (unpaired) electrons. The zero-order valence-electron chi connectivity index (χ0n) is 9.37. The number of carbonyl (C=O) groups excluding carboxylic acids is 1. The molecule has 17 heavy (non-hydrogen) atoms. The summed E-state index contributed by atoms with van der Waals surface area (Å²) in [7, 11) is 1.69. The third-order valence-corrected chi connectivity index (χ3v) is 3.12. The Hall–Kier alpha value is -1.49. The molecule has 3 nitrogen and oxygen atoms in total. The molecule has 1 aromatic carbocycles. The predicted octanol–water partition coefficient (Wildman–Crippen LogP) is 2.86. The van der Waals surface area contributed by atoms with Gasteiger partial charge in [-0.3, -0.25) is 9.48 Å². The maximum atomic E-state index is 13.0. The second-order valence-corrected chi connectivity index (χ2v) is 4.61. The fourth-order valence-corrected chi connectivity index (χ4v) is 2.20. The lowest BCUT2D eigenvalue weighted by Gasteiger charge is -2.06. The van der Waals surface area contributed by atoms with Crippen LogP contribution >= 0.6 is 15.9 Å². The molecule has 5 heteroatoms. The van der Waals surface area contributed by atoms with Crippen LogP contribution in [0, 0.1) is 12.7 Å². The number of nitrogens with zero attached hydrogens (tertiary/aromatic N) is 2. The SMILES string of the molecule is Cc1cc(F)ccc1C(=O)c1c(Br)cnn1C. The van der Waals surface area contributed by atoms with Crippen LogP contribution in [0.3, 0.4) is 0 Å². The van der Waals surface area contributed by atoms with Gasteiger partial charge in [0.25, 0.3) is 0 Å². The summed E-state index contributed by atoms with van der Waals surface area (Å²) in [5, 5.41) is 3.98. The van der Waals surface area contributed by atoms with Crippen molar-refractivity contribution in [3.8, 4) is 0 Å². The Labute approximate surface area is 106 Å². The van der Waals surface area contributed by atoms with Crippen LogP contribution < -0.4 is 0 Å². The minimum Gasteiger partial charge on any atom is -0.287 e. The average molecular weight is 297 g/mol. The van der Waals surface area contributed by atoms with Crippen molar-refractivity contribution in [2.75, 3.05) is 0 Å². The minimum absolute atomic E-state index is 0.172. The molecule has 0 atom stereocenters. The molecule has 0 aliphatic heterocycles. The number of benzene rings is 1. The standard InChI is InChI=1S/C12H10BrFN2O/c1-7-5-8(14)3-4-9(7)12(17)11-10(13)6-15-16(11)2/h3-6H,1-2H3. The van der Waals surface area contributed by atoms with Crippen LogP contribution in [0.15, 0.2) is 28.9 Å². The number of halogens is 2. The number of hydrogen-bond donors (Lipinski definition) is 0. The van der Waals surface area contributed by atoms with E-state index >= 15 is 0 Å². The number of carbonyl (C=O) groups is 1. The number of rotatable bonds is 2. The number of hydrogen-bond acceptors (Lipinski definition) is 2. The van der Waals surface area contributed by atoms with E-state index in [1.165, 1.54) is 22.9 Å². The molecular weight excluding hydrogens is 287 g/mol. The fourth-order valence-electron chi connectivity index (χ4n) is 1.68. The number of aromatic nitrogens is 2. The van der Waals surface area contributed by atoms with E-state index in [0.717, 1.165) is 0 Å². The lowest BCUT2D eigenvalue weighted by atomic mass is 10.0. The molecule has 0 N–H and O–H groups in total. The zero-order valence-corrected chi connectivity index (χ0v) is 11.0. The Kier molecular flexibility index (Phi) is 3.11. The van der Waals surface area contributed by atoms with Gasteiger partial charge in [-0.2, -0.15) is 5.10 Å². The van der Waals surface area contributed by atoms with E-state index in [1.807, 2.05) is 0 Å². The van der Waals surface area contributed by atoms with E-state index in [-0.39, 0.29) is 11.6 Å². The summed E-state index contributed by atoms with van der Waals surface area (Å²) >= 11 is 3.28. The highest BCUT2D eigenvalue weighted by molar-refractivity contribution is 9.10. The number of aryl methyl sites for hydroxylation is 2. The molecule has 2 aromatic rings. The second-order valence-electron chi connectivity index (χ2n) is 3.75. The molecule has 0 spiro atoms. The summed E-state index contributed by atoms with van der Waals surface area (Å²) in [5.41, 5.74) is 1.55. The quantitative estimate of drug-likeness (QED) is 0.799. The first-order valence-corrected chi connectivity index (χ1v) is 5.78. The molecule has 0 aliphatic carbocycles. The van der Waals surface area contributed by atoms with Crippen molar-refractivity contribution in [2.45, 2.75) is 6.92 Å². The zero-order chi connectivity index (χ0) is 12.6. The molecule has 0 fully saturated rings. The van der Waals surface area contributed by atoms with Crippen molar-refractivity contribution in [2.24, 2.45) is 7.05 Å². The molecule has 1 aromatic heterocycles. The van der Waals surface area contributed by atoms with E-state index in [0.29, 0.717) is 21.3 Å². The molecule has 0 bridgehead atoms. The van der Waals surface area contributed by atoms with Gasteiger partial charge < -0.3 is 0 Å². The summed E-state index contributed by atoms with van der Waals surface area (Å²) < 4.78 is 15.1. The highest BCUT2D eigenvalue weighted by Crippen LogP contribution is 2.21. The van der Waals surface area contributed by atoms with Crippen molar-refractivity contribution in [1.82, 2.24) is 9.78 Å². The number of ketones is 1. The van der Waals surface area contributed by atoms with Gasteiger partial charge in [0.1, 0.15) is 11.5 Å². The Bertz CT molecular complexity index is 573. The lowest BCUT2D eigenvalue weighted by molar-refractivity contribution is 0.102. The van der Waals surface area contributed by atoms with Gasteiger partial charge in [-0.25, -0.2) is 4.39 Å². The highest BCUT2D eigenvalue weighted by atomic mass is 79.9. The van der Waals surface area contributed by atoms with Gasteiger partial charge in [-0.1, -0.05) is 0 Å². The van der Waals surface area contributed by atoms with Crippen LogP contribution in [-0.4, -0.2) is 15.6 Å². The van der Waals surface area contributed by atoms with Gasteiger partial charge in [0.15, 0.2) is 0 Å². The maximum Gasteiger partial charge on any atom is 0.212 e. The van der Waals surface area contributed by atoms with E-state index in [9.17, 15) is 9.18 Å². The van der Waals surface area contributed by atoms with Gasteiger partial charge >= 0.3 is 0 Å². The van der Waals surface area contributed by atoms with E-state index < -0.39 is 0 Å². The first-order valence-electron chi connectivity index (χ1n) is 4.99. The molecular formula is C12H10BrFN2O. The summed E-state index contributed by atoms with van der Waals surface area (Å²) in [4.78, 5) is 12.3. The normalized spacial score (nSPS) is 10.6. The fraction of sp³-hybridized carbons (Fsp3) is 0.167. The monoisotopic (exact) mass is 296 g/mol. The molecule has 0 unspecified atom stereocenters. The van der Waals surface area contributed by atoms with Crippen LogP contribution in [0.1, 0.15) is 21.6 Å². The van der Waals surface area contributed by atoms with Crippen molar-refractivity contribution in [3.63, 3.8) is 0 Å².